The van der Waals surface area contributed by atoms with Gasteiger partial charge in [-0.05, 0) is 30.9 Å². The number of benzene rings is 1. The molecule has 1 aromatic carbocycles. The van der Waals surface area contributed by atoms with E-state index < -0.39 is 12.6 Å². The third kappa shape index (κ3) is 3.76. The van der Waals surface area contributed by atoms with Crippen molar-refractivity contribution in [1.29, 1.82) is 0 Å². The SMILES string of the molecule is COc1cc(F)c(CCC2CCC(=O)C=C2OCO)cc1O. The van der Waals surface area contributed by atoms with Crippen LogP contribution in [0.4, 0.5) is 4.39 Å². The number of carbonyl (C=O) groups excluding carboxylic acids is 1. The van der Waals surface area contributed by atoms with Gasteiger partial charge in [-0.3, -0.25) is 4.79 Å². The minimum atomic E-state index is -0.493. The van der Waals surface area contributed by atoms with Crippen LogP contribution in [0.5, 0.6) is 11.5 Å². The van der Waals surface area contributed by atoms with Gasteiger partial charge < -0.3 is 19.7 Å². The van der Waals surface area contributed by atoms with Crippen molar-refractivity contribution in [3.05, 3.63) is 35.3 Å². The Bertz CT molecular complexity index is 582. The number of hydrogen-bond donors (Lipinski definition) is 2. The summed E-state index contributed by atoms with van der Waals surface area (Å²) >= 11 is 0. The van der Waals surface area contributed by atoms with Gasteiger partial charge in [-0.25, -0.2) is 4.39 Å². The highest BCUT2D eigenvalue weighted by Crippen LogP contribution is 2.32. The molecule has 5 nitrogen and oxygen atoms in total. The molecule has 6 heteroatoms. The molecule has 2 rings (SSSR count). The highest BCUT2D eigenvalue weighted by molar-refractivity contribution is 5.90. The average molecular weight is 310 g/mol. The molecular weight excluding hydrogens is 291 g/mol. The Kier molecular flexibility index (Phi) is 5.38. The maximum absolute atomic E-state index is 13.9. The Hall–Kier alpha value is -2.08. The summed E-state index contributed by atoms with van der Waals surface area (Å²) < 4.78 is 23.9. The molecule has 0 bridgehead atoms. The number of aromatic hydroxyl groups is 1. The predicted octanol–water partition coefficient (Wildman–Crippen LogP) is 2.30. The molecule has 1 aliphatic rings. The zero-order chi connectivity index (χ0) is 16.1. The van der Waals surface area contributed by atoms with Crippen molar-refractivity contribution >= 4 is 5.78 Å². The molecule has 0 aliphatic heterocycles. The summed E-state index contributed by atoms with van der Waals surface area (Å²) in [6, 6.07) is 2.49. The van der Waals surface area contributed by atoms with Gasteiger partial charge in [0.1, 0.15) is 11.6 Å². The van der Waals surface area contributed by atoms with Crippen LogP contribution in [0.25, 0.3) is 0 Å². The molecule has 120 valence electrons. The van der Waals surface area contributed by atoms with Crippen LogP contribution in [-0.4, -0.2) is 29.9 Å². The number of aliphatic hydroxyl groups is 1. The highest BCUT2D eigenvalue weighted by Gasteiger charge is 2.23. The van der Waals surface area contributed by atoms with Crippen LogP contribution in [-0.2, 0) is 16.0 Å². The fourth-order valence-corrected chi connectivity index (χ4v) is 2.60. The van der Waals surface area contributed by atoms with Crippen molar-refractivity contribution in [1.82, 2.24) is 0 Å². The van der Waals surface area contributed by atoms with Crippen molar-refractivity contribution in [3.63, 3.8) is 0 Å². The second kappa shape index (κ2) is 7.26. The number of rotatable bonds is 6. The smallest absolute Gasteiger partial charge is 0.185 e. The van der Waals surface area contributed by atoms with Crippen molar-refractivity contribution < 1.29 is 28.9 Å². The van der Waals surface area contributed by atoms with Gasteiger partial charge in [0.05, 0.1) is 7.11 Å². The summed E-state index contributed by atoms with van der Waals surface area (Å²) in [6.45, 7) is -0.493. The van der Waals surface area contributed by atoms with E-state index in [1.807, 2.05) is 0 Å². The highest BCUT2D eigenvalue weighted by atomic mass is 19.1. The van der Waals surface area contributed by atoms with E-state index in [9.17, 15) is 14.3 Å². The quantitative estimate of drug-likeness (QED) is 0.789. The van der Waals surface area contributed by atoms with E-state index in [0.717, 1.165) is 6.07 Å². The Morgan fingerprint density at radius 2 is 2.18 bits per heavy atom. The molecule has 0 aromatic heterocycles. The van der Waals surface area contributed by atoms with E-state index in [1.165, 1.54) is 19.3 Å². The van der Waals surface area contributed by atoms with E-state index in [0.29, 0.717) is 37.0 Å². The Morgan fingerprint density at radius 1 is 1.41 bits per heavy atom. The number of carbonyl (C=O) groups is 1. The number of phenolic OH excluding ortho intramolecular Hbond substituents is 1. The molecule has 1 aromatic rings. The van der Waals surface area contributed by atoms with Crippen molar-refractivity contribution in [2.75, 3.05) is 13.9 Å². The van der Waals surface area contributed by atoms with E-state index in [-0.39, 0.29) is 23.2 Å². The van der Waals surface area contributed by atoms with Crippen molar-refractivity contribution in [2.45, 2.75) is 25.7 Å². The molecule has 0 spiro atoms. The number of ether oxygens (including phenoxy) is 2. The number of hydrogen-bond acceptors (Lipinski definition) is 5. The third-order valence-electron chi connectivity index (χ3n) is 3.79. The molecule has 0 amide bonds. The number of allylic oxidation sites excluding steroid dienone is 2. The largest absolute Gasteiger partial charge is 0.504 e. The first kappa shape index (κ1) is 16.3. The first-order chi connectivity index (χ1) is 10.5. The molecule has 0 radical (unpaired) electrons. The van der Waals surface area contributed by atoms with E-state index in [2.05, 4.69) is 0 Å². The lowest BCUT2D eigenvalue weighted by atomic mass is 9.88. The first-order valence-electron chi connectivity index (χ1n) is 7.08. The maximum atomic E-state index is 13.9. The molecule has 22 heavy (non-hydrogen) atoms. The van der Waals surface area contributed by atoms with Gasteiger partial charge in [0.2, 0.25) is 0 Å². The zero-order valence-electron chi connectivity index (χ0n) is 12.3. The molecule has 2 N–H and O–H groups in total. The van der Waals surface area contributed by atoms with Gasteiger partial charge in [-0.1, -0.05) is 0 Å². The topological polar surface area (TPSA) is 76.0 Å². The molecule has 1 atom stereocenters. The van der Waals surface area contributed by atoms with Gasteiger partial charge in [0, 0.05) is 24.5 Å². The summed E-state index contributed by atoms with van der Waals surface area (Å²) in [5, 5.41) is 18.6. The van der Waals surface area contributed by atoms with Gasteiger partial charge in [0.25, 0.3) is 0 Å². The Morgan fingerprint density at radius 3 is 2.86 bits per heavy atom. The third-order valence-corrected chi connectivity index (χ3v) is 3.79. The van der Waals surface area contributed by atoms with Crippen LogP contribution in [0.3, 0.4) is 0 Å². The summed E-state index contributed by atoms with van der Waals surface area (Å²) in [5.74, 6) is -0.109. The lowest BCUT2D eigenvalue weighted by Crippen LogP contribution is -2.17. The summed E-state index contributed by atoms with van der Waals surface area (Å²) in [5.41, 5.74) is 0.374. The number of halogens is 1. The molecule has 0 saturated carbocycles. The zero-order valence-corrected chi connectivity index (χ0v) is 12.3. The Balaban J connectivity index is 2.07. The van der Waals surface area contributed by atoms with Crippen LogP contribution >= 0.6 is 0 Å². The number of phenols is 1. The van der Waals surface area contributed by atoms with Crippen LogP contribution in [0, 0.1) is 11.7 Å². The Labute approximate surface area is 128 Å². The standard InChI is InChI=1S/C16H19FO5/c1-21-16-8-13(17)11(6-14(16)20)3-2-10-4-5-12(19)7-15(10)22-9-18/h6-8,10,18,20H,2-5,9H2,1H3. The minimum absolute atomic E-state index is 0.0343. The van der Waals surface area contributed by atoms with Crippen LogP contribution in [0.2, 0.25) is 0 Å². The number of ketones is 1. The fourth-order valence-electron chi connectivity index (χ4n) is 2.60. The fraction of sp³-hybridized carbons (Fsp3) is 0.438. The normalized spacial score (nSPS) is 18.0. The second-order valence-corrected chi connectivity index (χ2v) is 5.18. The summed E-state index contributed by atoms with van der Waals surface area (Å²) in [6.07, 6.45) is 3.36. The van der Waals surface area contributed by atoms with Crippen LogP contribution in [0.1, 0.15) is 24.8 Å². The van der Waals surface area contributed by atoms with Gasteiger partial charge in [-0.15, -0.1) is 0 Å². The van der Waals surface area contributed by atoms with E-state index in [4.69, 9.17) is 14.6 Å². The second-order valence-electron chi connectivity index (χ2n) is 5.18. The van der Waals surface area contributed by atoms with Crippen LogP contribution in [0.15, 0.2) is 24.0 Å². The van der Waals surface area contributed by atoms with Crippen molar-refractivity contribution in [3.8, 4) is 11.5 Å². The minimum Gasteiger partial charge on any atom is -0.504 e. The summed E-state index contributed by atoms with van der Waals surface area (Å²) in [7, 11) is 1.36. The van der Waals surface area contributed by atoms with Crippen LogP contribution < -0.4 is 4.74 Å². The number of methoxy groups -OCH3 is 1. The van der Waals surface area contributed by atoms with Crippen molar-refractivity contribution in [2.24, 2.45) is 5.92 Å². The first-order valence-corrected chi connectivity index (χ1v) is 7.08. The average Bonchev–Trinajstić information content (AvgIpc) is 2.49. The lowest BCUT2D eigenvalue weighted by molar-refractivity contribution is -0.116. The van der Waals surface area contributed by atoms with Gasteiger partial charge in [0.15, 0.2) is 24.1 Å². The van der Waals surface area contributed by atoms with Gasteiger partial charge >= 0.3 is 0 Å². The number of aliphatic hydroxyl groups excluding tert-OH is 1. The predicted molar refractivity (Wildman–Crippen MR) is 76.9 cm³/mol. The molecule has 0 saturated heterocycles. The van der Waals surface area contributed by atoms with E-state index >= 15 is 0 Å². The molecular formula is C16H19FO5. The molecule has 0 fully saturated rings. The monoisotopic (exact) mass is 310 g/mol. The molecule has 1 aliphatic carbocycles. The van der Waals surface area contributed by atoms with Gasteiger partial charge in [-0.2, -0.15) is 0 Å². The number of aryl methyl sites for hydroxylation is 1. The molecule has 1 unspecified atom stereocenters. The van der Waals surface area contributed by atoms with E-state index in [1.54, 1.807) is 0 Å². The lowest BCUT2D eigenvalue weighted by Gasteiger charge is -2.23. The molecule has 0 heterocycles. The summed E-state index contributed by atoms with van der Waals surface area (Å²) in [4.78, 5) is 11.4. The maximum Gasteiger partial charge on any atom is 0.185 e.